The molecule has 2 aliphatic rings. The van der Waals surface area contributed by atoms with E-state index in [0.29, 0.717) is 60.7 Å². The second-order valence-corrected chi connectivity index (χ2v) is 16.3. The zero-order valence-corrected chi connectivity index (χ0v) is 37.2. The first kappa shape index (κ1) is 45.4. The Morgan fingerprint density at radius 2 is 0.971 bits per heavy atom. The van der Waals surface area contributed by atoms with Gasteiger partial charge in [0.05, 0.1) is 60.8 Å². The lowest BCUT2D eigenvalue weighted by molar-refractivity contribution is -0.139. The van der Waals surface area contributed by atoms with Crippen molar-refractivity contribution in [3.05, 3.63) is 178 Å². The number of benzene rings is 4. The van der Waals surface area contributed by atoms with Gasteiger partial charge in [0, 0.05) is 37.3 Å². The van der Waals surface area contributed by atoms with Gasteiger partial charge in [-0.05, 0) is 97.5 Å². The Hall–Kier alpha value is -7.76. The fourth-order valence-electron chi connectivity index (χ4n) is 8.67. The number of alkyl halides is 6. The third-order valence-electron chi connectivity index (χ3n) is 11.8. The van der Waals surface area contributed by atoms with Crippen LogP contribution in [-0.4, -0.2) is 62.9 Å². The molecular weight excluding hydrogens is 887 g/mol. The zero-order chi connectivity index (χ0) is 47.7. The summed E-state index contributed by atoms with van der Waals surface area (Å²) in [5.41, 5.74) is 4.55. The van der Waals surface area contributed by atoms with Crippen LogP contribution in [0.1, 0.15) is 92.7 Å². The van der Waals surface area contributed by atoms with Crippen molar-refractivity contribution in [2.24, 2.45) is 0 Å². The van der Waals surface area contributed by atoms with Crippen LogP contribution in [0.3, 0.4) is 0 Å². The Morgan fingerprint density at radius 1 is 0.559 bits per heavy atom. The van der Waals surface area contributed by atoms with Gasteiger partial charge >= 0.3 is 12.4 Å². The van der Waals surface area contributed by atoms with E-state index in [-0.39, 0.29) is 11.1 Å². The number of hydrogen-bond donors (Lipinski definition) is 0. The van der Waals surface area contributed by atoms with Crippen molar-refractivity contribution in [1.82, 2.24) is 48.6 Å². The lowest BCUT2D eigenvalue weighted by atomic mass is 9.92. The summed E-state index contributed by atoms with van der Waals surface area (Å²) in [6, 6.07) is 22.9. The van der Waals surface area contributed by atoms with Crippen molar-refractivity contribution >= 4 is 24.3 Å². The first-order valence-electron chi connectivity index (χ1n) is 21.6. The van der Waals surface area contributed by atoms with Crippen LogP contribution in [0.5, 0.6) is 11.5 Å². The zero-order valence-electron chi connectivity index (χ0n) is 37.2. The molecule has 6 heterocycles. The number of halogens is 6. The molecule has 0 aliphatic carbocycles. The van der Waals surface area contributed by atoms with Crippen molar-refractivity contribution in [2.75, 3.05) is 14.2 Å². The van der Waals surface area contributed by atoms with Crippen LogP contribution < -0.4 is 9.47 Å². The normalized spacial score (nSPS) is 15.7. The molecule has 0 spiro atoms. The fourth-order valence-corrected chi connectivity index (χ4v) is 8.67. The second-order valence-electron chi connectivity index (χ2n) is 16.3. The van der Waals surface area contributed by atoms with E-state index in [1.165, 1.54) is 24.3 Å². The Kier molecular flexibility index (Phi) is 12.3. The number of fused-ring (bicyclic) bond motifs is 2. The Bertz CT molecular complexity index is 2950. The van der Waals surface area contributed by atoms with Crippen LogP contribution in [0.4, 0.5) is 26.3 Å². The van der Waals surface area contributed by atoms with Gasteiger partial charge in [0.1, 0.15) is 23.1 Å². The third-order valence-corrected chi connectivity index (χ3v) is 11.8. The van der Waals surface area contributed by atoms with Gasteiger partial charge in [-0.25, -0.2) is 29.3 Å². The summed E-state index contributed by atoms with van der Waals surface area (Å²) in [6.45, 7) is 4.89. The van der Waals surface area contributed by atoms with Crippen molar-refractivity contribution < 1.29 is 35.8 Å². The smallest absolute Gasteiger partial charge is 0.416 e. The largest absolute Gasteiger partial charge is 0.495 e. The average molecular weight is 931 g/mol. The minimum atomic E-state index is -4.41. The van der Waals surface area contributed by atoms with Crippen LogP contribution >= 0.6 is 0 Å². The van der Waals surface area contributed by atoms with Gasteiger partial charge in [-0.1, -0.05) is 60.7 Å². The number of methoxy groups -OCH3 is 2. The van der Waals surface area contributed by atoms with Crippen LogP contribution in [-0.2, 0) is 25.4 Å². The summed E-state index contributed by atoms with van der Waals surface area (Å²) in [7, 11) is 3.22. The van der Waals surface area contributed by atoms with E-state index >= 15 is 0 Å². The summed E-state index contributed by atoms with van der Waals surface area (Å²) in [6.07, 6.45) is 6.78. The summed E-state index contributed by atoms with van der Waals surface area (Å²) in [5, 5.41) is 8.96. The summed E-state index contributed by atoms with van der Waals surface area (Å²) < 4.78 is 99.4. The molecule has 4 aromatic carbocycles. The molecule has 0 amide bonds. The first-order valence-corrected chi connectivity index (χ1v) is 21.6. The van der Waals surface area contributed by atoms with E-state index in [4.69, 9.17) is 9.47 Å². The highest BCUT2D eigenvalue weighted by Gasteiger charge is 2.39. The predicted octanol–water partition coefficient (Wildman–Crippen LogP) is 11.0. The van der Waals surface area contributed by atoms with Gasteiger partial charge in [0.2, 0.25) is 0 Å². The molecule has 18 heteroatoms. The van der Waals surface area contributed by atoms with Crippen molar-refractivity contribution in [1.29, 1.82) is 0 Å². The highest BCUT2D eigenvalue weighted by atomic mass is 19.4. The maximum absolute atomic E-state index is 13.5. The molecule has 0 fully saturated rings. The molecule has 0 bridgehead atoms. The van der Waals surface area contributed by atoms with E-state index in [1.54, 1.807) is 60.5 Å². The topological polar surface area (TPSA) is 116 Å². The van der Waals surface area contributed by atoms with Gasteiger partial charge in [0.25, 0.3) is 0 Å². The fraction of sp³-hybridized carbons (Fsp3) is 0.240. The van der Waals surface area contributed by atoms with Crippen LogP contribution in [0.25, 0.3) is 35.7 Å². The molecule has 2 atom stereocenters. The summed E-state index contributed by atoms with van der Waals surface area (Å²) >= 11 is 0. The minimum Gasteiger partial charge on any atom is -0.495 e. The number of aryl methyl sites for hydroxylation is 4. The highest BCUT2D eigenvalue weighted by molar-refractivity contribution is 5.70. The molecular formula is C50H44F6N10O2. The predicted molar refractivity (Wildman–Crippen MR) is 243 cm³/mol. The lowest BCUT2D eigenvalue weighted by Crippen LogP contribution is -2.12. The maximum atomic E-state index is 13.5. The molecule has 0 unspecified atom stereocenters. The molecule has 4 aromatic heterocycles. The van der Waals surface area contributed by atoms with Gasteiger partial charge in [-0.3, -0.25) is 0 Å². The molecule has 0 saturated carbocycles. The van der Waals surface area contributed by atoms with Crippen LogP contribution in [0, 0.1) is 13.8 Å². The van der Waals surface area contributed by atoms with Gasteiger partial charge in [-0.2, -0.15) is 36.5 Å². The van der Waals surface area contributed by atoms with Crippen molar-refractivity contribution in [3.8, 4) is 22.9 Å². The highest BCUT2D eigenvalue weighted by Crippen LogP contribution is 2.42. The molecule has 348 valence electrons. The lowest BCUT2D eigenvalue weighted by Gasteiger charge is -2.16. The SMILES string of the molecule is COc1cc(/C=C/c2nc3n(n2)CC[C@@H]3c2ccccc2C(F)(F)F)ccc1-n1cnc(C)c1.COc1cc(/C=C/c2nc3n(n2)CC[C@H]3c2ccccc2C(F)(F)F)ccc1-n1cnc(C)c1. The Balaban J connectivity index is 0.000000170. The number of ether oxygens (including phenoxy) is 2. The Morgan fingerprint density at radius 3 is 1.34 bits per heavy atom. The number of rotatable bonds is 10. The molecule has 0 saturated heterocycles. The standard InChI is InChI=1S/2C25H22F3N5O/c2*1-16-14-32(15-29-16)21-9-7-17(13-22(21)34-2)8-10-23-30-24-19(11-12-33(24)31-23)18-5-3-4-6-20(18)25(26,27)28/h2*3-10,13-15,19H,11-12H2,1-2H3/b2*10-8+/t2*19-/m10/s1. The van der Waals surface area contributed by atoms with E-state index in [0.717, 1.165) is 46.0 Å². The van der Waals surface area contributed by atoms with E-state index in [9.17, 15) is 26.3 Å². The summed E-state index contributed by atoms with van der Waals surface area (Å²) in [4.78, 5) is 17.6. The number of hydrogen-bond acceptors (Lipinski definition) is 8. The molecule has 8 aromatic rings. The second kappa shape index (κ2) is 18.5. The molecule has 10 rings (SSSR count). The molecule has 12 nitrogen and oxygen atoms in total. The molecule has 0 N–H and O–H groups in total. The first-order chi connectivity index (χ1) is 32.7. The minimum absolute atomic E-state index is 0.242. The van der Waals surface area contributed by atoms with Crippen LogP contribution in [0.15, 0.2) is 110 Å². The number of aromatic nitrogens is 10. The average Bonchev–Trinajstić information content (AvgIpc) is 4.20. The van der Waals surface area contributed by atoms with Crippen molar-refractivity contribution in [3.63, 3.8) is 0 Å². The Labute approximate surface area is 386 Å². The summed E-state index contributed by atoms with van der Waals surface area (Å²) in [5.74, 6) is 2.51. The van der Waals surface area contributed by atoms with Gasteiger partial charge in [0.15, 0.2) is 11.6 Å². The van der Waals surface area contributed by atoms with Gasteiger partial charge < -0.3 is 18.6 Å². The van der Waals surface area contributed by atoms with Crippen molar-refractivity contribution in [2.45, 2.75) is 64.0 Å². The van der Waals surface area contributed by atoms with Gasteiger partial charge in [-0.15, -0.1) is 0 Å². The van der Waals surface area contributed by atoms with E-state index < -0.39 is 35.3 Å². The molecule has 2 aliphatic heterocycles. The van der Waals surface area contributed by atoms with Crippen LogP contribution in [0.2, 0.25) is 0 Å². The van der Waals surface area contributed by atoms with E-state index in [1.807, 2.05) is 83.9 Å². The molecule has 0 radical (unpaired) electrons. The number of nitrogens with zero attached hydrogens (tertiary/aromatic N) is 10. The monoisotopic (exact) mass is 930 g/mol. The third kappa shape index (κ3) is 9.43. The number of imidazole rings is 2. The maximum Gasteiger partial charge on any atom is 0.416 e. The molecule has 68 heavy (non-hydrogen) atoms. The van der Waals surface area contributed by atoms with E-state index in [2.05, 4.69) is 30.1 Å². The quantitative estimate of drug-likeness (QED) is 0.125.